The lowest BCUT2D eigenvalue weighted by molar-refractivity contribution is -0.124. The molecule has 2 rings (SSSR count). The maximum absolute atomic E-state index is 11.9. The van der Waals surface area contributed by atoms with E-state index in [2.05, 4.69) is 21.8 Å². The van der Waals surface area contributed by atoms with Crippen LogP contribution in [0.15, 0.2) is 12.4 Å². The predicted molar refractivity (Wildman–Crippen MR) is 74.7 cm³/mol. The van der Waals surface area contributed by atoms with Gasteiger partial charge in [0.25, 0.3) is 0 Å². The number of nitrogens with one attached hydrogen (secondary N) is 1. The second-order valence-electron chi connectivity index (χ2n) is 5.75. The lowest BCUT2D eigenvalue weighted by Gasteiger charge is -2.30. The number of nitrogens with zero attached hydrogens (tertiary/aromatic N) is 2. The Hall–Kier alpha value is -1.36. The highest BCUT2D eigenvalue weighted by Gasteiger charge is 2.45. The van der Waals surface area contributed by atoms with Gasteiger partial charge in [-0.05, 0) is 33.1 Å². The number of hydrogen-bond acceptors (Lipinski definition) is 3. The van der Waals surface area contributed by atoms with Gasteiger partial charge in [-0.2, -0.15) is 0 Å². The van der Waals surface area contributed by atoms with Crippen molar-refractivity contribution in [3.63, 3.8) is 0 Å². The molecule has 1 heterocycles. The number of carbonyl (C=O) groups is 1. The normalized spacial score (nSPS) is 27.1. The maximum atomic E-state index is 11.9. The van der Waals surface area contributed by atoms with E-state index in [4.69, 9.17) is 5.73 Å². The monoisotopic (exact) mass is 264 g/mol. The molecule has 106 valence electrons. The fourth-order valence-electron chi connectivity index (χ4n) is 3.19. The summed E-state index contributed by atoms with van der Waals surface area (Å²) >= 11 is 0. The molecule has 0 bridgehead atoms. The van der Waals surface area contributed by atoms with Crippen molar-refractivity contribution in [2.75, 3.05) is 0 Å². The average Bonchev–Trinajstić information content (AvgIpc) is 2.94. The molecule has 0 spiro atoms. The molecule has 1 aromatic heterocycles. The number of primary amides is 1. The molecule has 1 aromatic rings. The summed E-state index contributed by atoms with van der Waals surface area (Å²) in [4.78, 5) is 16.2. The van der Waals surface area contributed by atoms with Gasteiger partial charge in [0.15, 0.2) is 0 Å². The lowest BCUT2D eigenvalue weighted by Crippen LogP contribution is -2.56. The smallest absolute Gasteiger partial charge is 0.237 e. The van der Waals surface area contributed by atoms with Gasteiger partial charge in [0.05, 0.1) is 5.54 Å². The highest BCUT2D eigenvalue weighted by molar-refractivity contribution is 5.85. The molecular formula is C14H24N4O. The van der Waals surface area contributed by atoms with Gasteiger partial charge in [-0.3, -0.25) is 4.79 Å². The molecule has 2 unspecified atom stereocenters. The Kier molecular flexibility index (Phi) is 3.94. The zero-order valence-corrected chi connectivity index (χ0v) is 12.0. The van der Waals surface area contributed by atoms with Crippen LogP contribution in [0.2, 0.25) is 0 Å². The van der Waals surface area contributed by atoms with Crippen LogP contribution in [0.5, 0.6) is 0 Å². The Labute approximate surface area is 114 Å². The molecule has 0 radical (unpaired) electrons. The van der Waals surface area contributed by atoms with Crippen LogP contribution in [0, 0.1) is 0 Å². The molecule has 19 heavy (non-hydrogen) atoms. The van der Waals surface area contributed by atoms with E-state index < -0.39 is 5.54 Å². The van der Waals surface area contributed by atoms with Gasteiger partial charge in [0.2, 0.25) is 5.91 Å². The molecule has 2 atom stereocenters. The fourth-order valence-corrected chi connectivity index (χ4v) is 3.19. The summed E-state index contributed by atoms with van der Waals surface area (Å²) in [5.41, 5.74) is 5.08. The van der Waals surface area contributed by atoms with Crippen LogP contribution < -0.4 is 11.1 Å². The first-order chi connectivity index (χ1) is 8.98. The molecule has 1 aliphatic carbocycles. The van der Waals surface area contributed by atoms with Crippen LogP contribution in [0.1, 0.15) is 51.9 Å². The number of aryl methyl sites for hydroxylation is 1. The standard InChI is InChI=1S/C14H24N4O/c1-4-12-16-7-8-18(12)11-5-6-14(9-11,13(15)19)17-10(2)3/h7-8,10-11,17H,4-6,9H2,1-3H3,(H2,15,19). The summed E-state index contributed by atoms with van der Waals surface area (Å²) in [5, 5.41) is 3.38. The third-order valence-electron chi connectivity index (χ3n) is 3.98. The molecule has 1 amide bonds. The molecule has 5 heteroatoms. The van der Waals surface area contributed by atoms with Crippen molar-refractivity contribution in [3.05, 3.63) is 18.2 Å². The van der Waals surface area contributed by atoms with E-state index in [1.165, 1.54) is 0 Å². The third-order valence-corrected chi connectivity index (χ3v) is 3.98. The lowest BCUT2D eigenvalue weighted by atomic mass is 9.95. The minimum atomic E-state index is -0.561. The second-order valence-corrected chi connectivity index (χ2v) is 5.75. The number of rotatable bonds is 5. The van der Waals surface area contributed by atoms with Gasteiger partial charge in [0, 0.05) is 30.9 Å². The summed E-state index contributed by atoms with van der Waals surface area (Å²) < 4.78 is 2.20. The van der Waals surface area contributed by atoms with Gasteiger partial charge < -0.3 is 15.6 Å². The van der Waals surface area contributed by atoms with E-state index in [1.807, 2.05) is 26.2 Å². The zero-order valence-electron chi connectivity index (χ0n) is 12.0. The predicted octanol–water partition coefficient (Wildman–Crippen LogP) is 1.39. The summed E-state index contributed by atoms with van der Waals surface area (Å²) in [6.45, 7) is 6.20. The number of nitrogens with two attached hydrogens (primary N) is 1. The molecule has 1 fully saturated rings. The van der Waals surface area contributed by atoms with Crippen LogP contribution in [0.25, 0.3) is 0 Å². The first-order valence-electron chi connectivity index (χ1n) is 7.08. The van der Waals surface area contributed by atoms with Crippen molar-refractivity contribution in [1.29, 1.82) is 0 Å². The molecular weight excluding hydrogens is 240 g/mol. The van der Waals surface area contributed by atoms with E-state index in [0.717, 1.165) is 31.5 Å². The van der Waals surface area contributed by atoms with Crippen molar-refractivity contribution in [1.82, 2.24) is 14.9 Å². The SMILES string of the molecule is CCc1nccn1C1CCC(NC(C)C)(C(N)=O)C1. The number of carbonyl (C=O) groups excluding carboxylic acids is 1. The van der Waals surface area contributed by atoms with E-state index in [1.54, 1.807) is 0 Å². The largest absolute Gasteiger partial charge is 0.368 e. The van der Waals surface area contributed by atoms with Crippen molar-refractivity contribution in [3.8, 4) is 0 Å². The Morgan fingerprint density at radius 1 is 1.68 bits per heavy atom. The van der Waals surface area contributed by atoms with Gasteiger partial charge in [-0.15, -0.1) is 0 Å². The quantitative estimate of drug-likeness (QED) is 0.844. The van der Waals surface area contributed by atoms with Gasteiger partial charge >= 0.3 is 0 Å². The van der Waals surface area contributed by atoms with Crippen molar-refractivity contribution in [2.45, 2.75) is 64.1 Å². The Bertz CT molecular complexity index is 454. The highest BCUT2D eigenvalue weighted by Crippen LogP contribution is 2.38. The molecule has 0 aromatic carbocycles. The van der Waals surface area contributed by atoms with E-state index in [0.29, 0.717) is 6.04 Å². The molecule has 0 saturated heterocycles. The summed E-state index contributed by atoms with van der Waals surface area (Å²) in [5.74, 6) is 0.844. The topological polar surface area (TPSA) is 72.9 Å². The third kappa shape index (κ3) is 2.66. The number of hydrogen-bond donors (Lipinski definition) is 2. The summed E-state index contributed by atoms with van der Waals surface area (Å²) in [7, 11) is 0. The first-order valence-corrected chi connectivity index (χ1v) is 7.08. The van der Waals surface area contributed by atoms with Crippen molar-refractivity contribution >= 4 is 5.91 Å². The second kappa shape index (κ2) is 5.33. The van der Waals surface area contributed by atoms with Gasteiger partial charge in [-0.1, -0.05) is 6.92 Å². The highest BCUT2D eigenvalue weighted by atomic mass is 16.1. The average molecular weight is 264 g/mol. The van der Waals surface area contributed by atoms with Crippen molar-refractivity contribution in [2.24, 2.45) is 5.73 Å². The minimum Gasteiger partial charge on any atom is -0.368 e. The first kappa shape index (κ1) is 14.1. The fraction of sp³-hybridized carbons (Fsp3) is 0.714. The summed E-state index contributed by atoms with van der Waals surface area (Å²) in [6, 6.07) is 0.566. The Morgan fingerprint density at radius 2 is 2.42 bits per heavy atom. The molecule has 1 saturated carbocycles. The summed E-state index contributed by atoms with van der Waals surface area (Å²) in [6.07, 6.45) is 7.27. The Morgan fingerprint density at radius 3 is 3.00 bits per heavy atom. The van der Waals surface area contributed by atoms with Crippen LogP contribution in [0.4, 0.5) is 0 Å². The molecule has 1 aliphatic rings. The van der Waals surface area contributed by atoms with E-state index >= 15 is 0 Å². The Balaban J connectivity index is 2.19. The maximum Gasteiger partial charge on any atom is 0.237 e. The van der Waals surface area contributed by atoms with Gasteiger partial charge in [-0.25, -0.2) is 4.98 Å². The number of imidazole rings is 1. The zero-order chi connectivity index (χ0) is 14.0. The van der Waals surface area contributed by atoms with Crippen LogP contribution >= 0.6 is 0 Å². The number of aromatic nitrogens is 2. The molecule has 0 aliphatic heterocycles. The van der Waals surface area contributed by atoms with E-state index in [9.17, 15) is 4.79 Å². The molecule has 5 nitrogen and oxygen atoms in total. The van der Waals surface area contributed by atoms with Crippen LogP contribution in [0.3, 0.4) is 0 Å². The number of amides is 1. The molecule has 3 N–H and O–H groups in total. The van der Waals surface area contributed by atoms with Gasteiger partial charge in [0.1, 0.15) is 5.82 Å². The van der Waals surface area contributed by atoms with Crippen LogP contribution in [-0.4, -0.2) is 27.0 Å². The van der Waals surface area contributed by atoms with Crippen molar-refractivity contribution < 1.29 is 4.79 Å². The minimum absolute atomic E-state index is 0.234. The van der Waals surface area contributed by atoms with Crippen LogP contribution in [-0.2, 0) is 11.2 Å². The van der Waals surface area contributed by atoms with E-state index in [-0.39, 0.29) is 11.9 Å².